The van der Waals surface area contributed by atoms with Gasteiger partial charge in [0.05, 0.1) is 12.7 Å². The molecule has 1 aromatic heterocycles. The molecule has 0 bridgehead atoms. The third kappa shape index (κ3) is 4.23. The lowest BCUT2D eigenvalue weighted by Gasteiger charge is -2.12. The monoisotopic (exact) mass is 352 g/mol. The summed E-state index contributed by atoms with van der Waals surface area (Å²) in [5.74, 6) is 0.614. The molecule has 0 spiro atoms. The number of hydrogen-bond donors (Lipinski definition) is 0. The molecular weight excluding hydrogens is 335 g/mol. The highest BCUT2D eigenvalue weighted by atomic mass is 19.1. The van der Waals surface area contributed by atoms with Crippen LogP contribution in [0.3, 0.4) is 0 Å². The fourth-order valence-electron chi connectivity index (χ4n) is 2.29. The van der Waals surface area contributed by atoms with E-state index in [1.54, 1.807) is 25.3 Å². The van der Waals surface area contributed by atoms with E-state index in [-0.39, 0.29) is 17.5 Å². The molecule has 26 heavy (non-hydrogen) atoms. The average molecular weight is 352 g/mol. The van der Waals surface area contributed by atoms with Crippen LogP contribution in [-0.4, -0.2) is 23.7 Å². The Bertz CT molecular complexity index is 915. The standard InChI is InChI=1S/C20H17FN2O3/c1-14(12-24-2)15-7-3-5-9-17(15)25-19-11-20(23-13-22-19)26-18-10-6-4-8-16(18)21/h3-11,13H,1,12H2,2H3. The third-order valence-electron chi connectivity index (χ3n) is 3.47. The van der Waals surface area contributed by atoms with E-state index in [1.807, 2.05) is 18.2 Å². The maximum Gasteiger partial charge on any atom is 0.226 e. The Morgan fingerprint density at radius 1 is 0.962 bits per heavy atom. The number of methoxy groups -OCH3 is 1. The normalized spacial score (nSPS) is 10.4. The Kier molecular flexibility index (Phi) is 5.56. The number of rotatable bonds is 7. The summed E-state index contributed by atoms with van der Waals surface area (Å²) in [4.78, 5) is 8.06. The van der Waals surface area contributed by atoms with Gasteiger partial charge < -0.3 is 14.2 Å². The quantitative estimate of drug-likeness (QED) is 0.608. The number of para-hydroxylation sites is 2. The second-order valence-electron chi connectivity index (χ2n) is 5.36. The zero-order valence-corrected chi connectivity index (χ0v) is 14.2. The van der Waals surface area contributed by atoms with E-state index in [0.717, 1.165) is 11.1 Å². The minimum absolute atomic E-state index is 0.0750. The summed E-state index contributed by atoms with van der Waals surface area (Å²) in [7, 11) is 1.60. The molecule has 0 amide bonds. The van der Waals surface area contributed by atoms with Gasteiger partial charge in [-0.05, 0) is 23.8 Å². The number of nitrogens with zero attached hydrogens (tertiary/aromatic N) is 2. The molecule has 0 N–H and O–H groups in total. The van der Waals surface area contributed by atoms with Crippen LogP contribution in [0.2, 0.25) is 0 Å². The lowest BCUT2D eigenvalue weighted by atomic mass is 10.1. The predicted octanol–water partition coefficient (Wildman–Crippen LogP) is 4.86. The molecule has 0 atom stereocenters. The van der Waals surface area contributed by atoms with Crippen LogP contribution in [-0.2, 0) is 4.74 Å². The third-order valence-corrected chi connectivity index (χ3v) is 3.47. The maximum absolute atomic E-state index is 13.7. The van der Waals surface area contributed by atoms with Gasteiger partial charge in [0.15, 0.2) is 11.6 Å². The summed E-state index contributed by atoms with van der Waals surface area (Å²) >= 11 is 0. The highest BCUT2D eigenvalue weighted by Crippen LogP contribution is 2.30. The van der Waals surface area contributed by atoms with Gasteiger partial charge in [0, 0.05) is 12.7 Å². The number of halogens is 1. The number of benzene rings is 2. The van der Waals surface area contributed by atoms with Gasteiger partial charge in [0.2, 0.25) is 11.8 Å². The van der Waals surface area contributed by atoms with Gasteiger partial charge >= 0.3 is 0 Å². The molecule has 0 saturated carbocycles. The summed E-state index contributed by atoms with van der Waals surface area (Å²) < 4.78 is 30.1. The summed E-state index contributed by atoms with van der Waals surface area (Å²) in [5, 5.41) is 0. The van der Waals surface area contributed by atoms with E-state index < -0.39 is 5.82 Å². The fourth-order valence-corrected chi connectivity index (χ4v) is 2.29. The largest absolute Gasteiger partial charge is 0.438 e. The van der Waals surface area contributed by atoms with E-state index in [1.165, 1.54) is 24.5 Å². The van der Waals surface area contributed by atoms with Crippen molar-refractivity contribution >= 4 is 5.57 Å². The van der Waals surface area contributed by atoms with Crippen LogP contribution < -0.4 is 9.47 Å². The summed E-state index contributed by atoms with van der Waals surface area (Å²) in [6, 6.07) is 15.0. The Hall–Kier alpha value is -3.25. The number of aromatic nitrogens is 2. The average Bonchev–Trinajstić information content (AvgIpc) is 2.65. The van der Waals surface area contributed by atoms with Crippen molar-refractivity contribution in [3.63, 3.8) is 0 Å². The van der Waals surface area contributed by atoms with Gasteiger partial charge in [-0.3, -0.25) is 0 Å². The van der Waals surface area contributed by atoms with Gasteiger partial charge in [0.25, 0.3) is 0 Å². The van der Waals surface area contributed by atoms with E-state index in [2.05, 4.69) is 16.5 Å². The molecule has 0 unspecified atom stereocenters. The van der Waals surface area contributed by atoms with Crippen molar-refractivity contribution in [2.75, 3.05) is 13.7 Å². The highest BCUT2D eigenvalue weighted by Gasteiger charge is 2.11. The molecular formula is C20H17FN2O3. The lowest BCUT2D eigenvalue weighted by molar-refractivity contribution is 0.239. The second-order valence-corrected chi connectivity index (χ2v) is 5.36. The van der Waals surface area contributed by atoms with E-state index in [4.69, 9.17) is 14.2 Å². The van der Waals surface area contributed by atoms with Gasteiger partial charge in [0.1, 0.15) is 12.1 Å². The predicted molar refractivity (Wildman–Crippen MR) is 95.9 cm³/mol. The fraction of sp³-hybridized carbons (Fsp3) is 0.100. The van der Waals surface area contributed by atoms with Crippen LogP contribution in [0.4, 0.5) is 4.39 Å². The van der Waals surface area contributed by atoms with Crippen LogP contribution in [0.15, 0.2) is 67.5 Å². The number of hydrogen-bond acceptors (Lipinski definition) is 5. The van der Waals surface area contributed by atoms with E-state index in [9.17, 15) is 4.39 Å². The summed E-state index contributed by atoms with van der Waals surface area (Å²) in [6.45, 7) is 4.38. The molecule has 5 nitrogen and oxygen atoms in total. The molecule has 1 heterocycles. The maximum atomic E-state index is 13.7. The van der Waals surface area contributed by atoms with Crippen molar-refractivity contribution in [2.24, 2.45) is 0 Å². The van der Waals surface area contributed by atoms with Crippen LogP contribution >= 0.6 is 0 Å². The van der Waals surface area contributed by atoms with Gasteiger partial charge in [-0.1, -0.05) is 36.9 Å². The Morgan fingerprint density at radius 3 is 2.27 bits per heavy atom. The van der Waals surface area contributed by atoms with Crippen molar-refractivity contribution < 1.29 is 18.6 Å². The van der Waals surface area contributed by atoms with Crippen LogP contribution in [0, 0.1) is 5.82 Å². The first-order valence-corrected chi connectivity index (χ1v) is 7.86. The smallest absolute Gasteiger partial charge is 0.226 e. The van der Waals surface area contributed by atoms with Crippen molar-refractivity contribution in [1.82, 2.24) is 9.97 Å². The molecule has 132 valence electrons. The molecule has 3 aromatic rings. The highest BCUT2D eigenvalue weighted by molar-refractivity contribution is 5.69. The van der Waals surface area contributed by atoms with Crippen LogP contribution in [0.5, 0.6) is 23.3 Å². The van der Waals surface area contributed by atoms with Gasteiger partial charge in [-0.2, -0.15) is 0 Å². The topological polar surface area (TPSA) is 53.5 Å². The van der Waals surface area contributed by atoms with E-state index in [0.29, 0.717) is 12.4 Å². The second kappa shape index (κ2) is 8.22. The lowest BCUT2D eigenvalue weighted by Crippen LogP contribution is -1.98. The summed E-state index contributed by atoms with van der Waals surface area (Å²) in [6.07, 6.45) is 1.29. The molecule has 0 radical (unpaired) electrons. The molecule has 0 fully saturated rings. The SMILES string of the molecule is C=C(COC)c1ccccc1Oc1cc(Oc2ccccc2F)ncn1. The molecule has 0 saturated heterocycles. The molecule has 2 aromatic carbocycles. The zero-order chi connectivity index (χ0) is 18.4. The Balaban J connectivity index is 1.82. The van der Waals surface area contributed by atoms with Crippen molar-refractivity contribution in [3.05, 3.63) is 78.9 Å². The van der Waals surface area contributed by atoms with Crippen LogP contribution in [0.1, 0.15) is 5.56 Å². The van der Waals surface area contributed by atoms with Crippen LogP contribution in [0.25, 0.3) is 5.57 Å². The molecule has 0 aliphatic rings. The molecule has 0 aliphatic heterocycles. The molecule has 6 heteroatoms. The first kappa shape index (κ1) is 17.6. The number of ether oxygens (including phenoxy) is 3. The minimum atomic E-state index is -0.477. The first-order valence-electron chi connectivity index (χ1n) is 7.86. The first-order chi connectivity index (χ1) is 12.7. The van der Waals surface area contributed by atoms with Crippen molar-refractivity contribution in [1.29, 1.82) is 0 Å². The van der Waals surface area contributed by atoms with Crippen molar-refractivity contribution in [3.8, 4) is 23.3 Å². The van der Waals surface area contributed by atoms with Crippen molar-refractivity contribution in [2.45, 2.75) is 0 Å². The Morgan fingerprint density at radius 2 is 1.58 bits per heavy atom. The van der Waals surface area contributed by atoms with Gasteiger partial charge in [-0.15, -0.1) is 0 Å². The van der Waals surface area contributed by atoms with Gasteiger partial charge in [-0.25, -0.2) is 14.4 Å². The minimum Gasteiger partial charge on any atom is -0.438 e. The molecule has 3 rings (SSSR count). The van der Waals surface area contributed by atoms with E-state index >= 15 is 0 Å². The Labute approximate surface area is 150 Å². The summed E-state index contributed by atoms with van der Waals surface area (Å²) in [5.41, 5.74) is 1.59. The zero-order valence-electron chi connectivity index (χ0n) is 14.2. The molecule has 0 aliphatic carbocycles.